The summed E-state index contributed by atoms with van der Waals surface area (Å²) in [5, 5.41) is 13.6. The summed E-state index contributed by atoms with van der Waals surface area (Å²) in [6.07, 6.45) is -4.21. The highest BCUT2D eigenvalue weighted by Gasteiger charge is 2.30. The van der Waals surface area contributed by atoms with Gasteiger partial charge in [-0.15, -0.1) is 0 Å². The Labute approximate surface area is 125 Å². The van der Waals surface area contributed by atoms with Crippen molar-refractivity contribution in [1.29, 1.82) is 0 Å². The van der Waals surface area contributed by atoms with Gasteiger partial charge < -0.3 is 15.7 Å². The van der Waals surface area contributed by atoms with Crippen molar-refractivity contribution in [1.82, 2.24) is 5.32 Å². The second-order valence-corrected chi connectivity index (χ2v) is 5.19. The van der Waals surface area contributed by atoms with Crippen LogP contribution >= 0.6 is 0 Å². The Morgan fingerprint density at radius 1 is 1.18 bits per heavy atom. The molecule has 0 radical (unpaired) electrons. The topological polar surface area (TPSA) is 78.4 Å². The Hall–Kier alpha value is -2.25. The first-order valence-electron chi connectivity index (χ1n) is 6.57. The number of aliphatic carboxylic acids is 1. The van der Waals surface area contributed by atoms with Gasteiger partial charge >= 0.3 is 18.2 Å². The average Bonchev–Trinajstić information content (AvgIpc) is 2.36. The molecule has 8 heteroatoms. The summed E-state index contributed by atoms with van der Waals surface area (Å²) in [7, 11) is 0. The molecule has 0 aromatic heterocycles. The number of amides is 2. The predicted molar refractivity (Wildman–Crippen MR) is 74.5 cm³/mol. The number of anilines is 1. The maximum atomic E-state index is 12.4. The van der Waals surface area contributed by atoms with Crippen molar-refractivity contribution < 1.29 is 27.9 Å². The van der Waals surface area contributed by atoms with Gasteiger partial charge in [0.15, 0.2) is 0 Å². The third kappa shape index (κ3) is 5.63. The molecule has 0 aliphatic heterocycles. The van der Waals surface area contributed by atoms with E-state index in [1.54, 1.807) is 0 Å². The molecule has 0 heterocycles. The number of carboxylic acid groups (broad SMARTS) is 1. The minimum Gasteiger partial charge on any atom is -0.480 e. The van der Waals surface area contributed by atoms with E-state index in [1.807, 2.05) is 13.8 Å². The Kier molecular flexibility index (Phi) is 5.78. The van der Waals surface area contributed by atoms with Crippen LogP contribution < -0.4 is 10.6 Å². The number of rotatable bonds is 5. The SMILES string of the molecule is CC(C)C[C@H](NC(=O)Nc1ccc(C(F)(F)F)cc1)C(=O)O. The average molecular weight is 318 g/mol. The van der Waals surface area contributed by atoms with Gasteiger partial charge in [-0.05, 0) is 36.6 Å². The first-order chi connectivity index (χ1) is 10.1. The van der Waals surface area contributed by atoms with E-state index in [9.17, 15) is 22.8 Å². The van der Waals surface area contributed by atoms with E-state index in [-0.39, 0.29) is 18.0 Å². The molecule has 0 bridgehead atoms. The van der Waals surface area contributed by atoms with Crippen LogP contribution in [0.1, 0.15) is 25.8 Å². The molecule has 0 spiro atoms. The Balaban J connectivity index is 2.66. The Morgan fingerprint density at radius 3 is 2.14 bits per heavy atom. The highest BCUT2D eigenvalue weighted by molar-refractivity contribution is 5.92. The largest absolute Gasteiger partial charge is 0.480 e. The maximum absolute atomic E-state index is 12.4. The monoisotopic (exact) mass is 318 g/mol. The number of nitrogens with one attached hydrogen (secondary N) is 2. The number of hydrogen-bond acceptors (Lipinski definition) is 2. The lowest BCUT2D eigenvalue weighted by Gasteiger charge is -2.17. The van der Waals surface area contributed by atoms with Gasteiger partial charge in [-0.1, -0.05) is 13.8 Å². The van der Waals surface area contributed by atoms with Crippen molar-refractivity contribution in [2.75, 3.05) is 5.32 Å². The zero-order chi connectivity index (χ0) is 16.9. The van der Waals surface area contributed by atoms with Gasteiger partial charge in [0.25, 0.3) is 0 Å². The fraction of sp³-hybridized carbons (Fsp3) is 0.429. The van der Waals surface area contributed by atoms with E-state index < -0.39 is 29.8 Å². The van der Waals surface area contributed by atoms with E-state index in [4.69, 9.17) is 5.11 Å². The summed E-state index contributed by atoms with van der Waals surface area (Å²) >= 11 is 0. The van der Waals surface area contributed by atoms with Crippen molar-refractivity contribution in [3.63, 3.8) is 0 Å². The molecule has 0 fully saturated rings. The highest BCUT2D eigenvalue weighted by Crippen LogP contribution is 2.29. The fourth-order valence-electron chi connectivity index (χ4n) is 1.76. The smallest absolute Gasteiger partial charge is 0.416 e. The lowest BCUT2D eigenvalue weighted by molar-refractivity contribution is -0.139. The Bertz CT molecular complexity index is 527. The van der Waals surface area contributed by atoms with Crippen molar-refractivity contribution in [2.45, 2.75) is 32.5 Å². The fourth-order valence-corrected chi connectivity index (χ4v) is 1.76. The van der Waals surface area contributed by atoms with Gasteiger partial charge in [0.05, 0.1) is 5.56 Å². The molecule has 0 aliphatic carbocycles. The zero-order valence-electron chi connectivity index (χ0n) is 12.1. The normalized spacial score (nSPS) is 12.8. The molecular weight excluding hydrogens is 301 g/mol. The lowest BCUT2D eigenvalue weighted by atomic mass is 10.0. The van der Waals surface area contributed by atoms with Gasteiger partial charge in [-0.3, -0.25) is 0 Å². The molecule has 2 amide bonds. The van der Waals surface area contributed by atoms with Crippen LogP contribution in [-0.2, 0) is 11.0 Å². The first kappa shape index (κ1) is 17.8. The second-order valence-electron chi connectivity index (χ2n) is 5.19. The van der Waals surface area contributed by atoms with Crippen LogP contribution in [0.25, 0.3) is 0 Å². The molecule has 122 valence electrons. The number of benzene rings is 1. The van der Waals surface area contributed by atoms with Crippen molar-refractivity contribution in [3.8, 4) is 0 Å². The van der Waals surface area contributed by atoms with Gasteiger partial charge in [-0.2, -0.15) is 13.2 Å². The number of alkyl halides is 3. The molecule has 5 nitrogen and oxygen atoms in total. The van der Waals surface area contributed by atoms with Crippen molar-refractivity contribution >= 4 is 17.7 Å². The van der Waals surface area contributed by atoms with E-state index in [1.165, 1.54) is 0 Å². The van der Waals surface area contributed by atoms with Crippen LogP contribution in [-0.4, -0.2) is 23.1 Å². The van der Waals surface area contributed by atoms with E-state index in [0.29, 0.717) is 0 Å². The third-order valence-corrected chi connectivity index (χ3v) is 2.78. The summed E-state index contributed by atoms with van der Waals surface area (Å²) in [4.78, 5) is 22.7. The van der Waals surface area contributed by atoms with Gasteiger partial charge in [0.1, 0.15) is 6.04 Å². The lowest BCUT2D eigenvalue weighted by Crippen LogP contribution is -2.43. The molecule has 22 heavy (non-hydrogen) atoms. The summed E-state index contributed by atoms with van der Waals surface area (Å²) < 4.78 is 37.2. The Morgan fingerprint density at radius 2 is 1.73 bits per heavy atom. The second kappa shape index (κ2) is 7.15. The van der Waals surface area contributed by atoms with Crippen LogP contribution in [0.2, 0.25) is 0 Å². The molecular formula is C14H17F3N2O3. The highest BCUT2D eigenvalue weighted by atomic mass is 19.4. The van der Waals surface area contributed by atoms with E-state index >= 15 is 0 Å². The summed E-state index contributed by atoms with van der Waals surface area (Å²) in [5.41, 5.74) is -0.694. The molecule has 0 aliphatic rings. The maximum Gasteiger partial charge on any atom is 0.416 e. The third-order valence-electron chi connectivity index (χ3n) is 2.78. The molecule has 1 aromatic carbocycles. The molecule has 3 N–H and O–H groups in total. The number of carbonyl (C=O) groups is 2. The first-order valence-corrected chi connectivity index (χ1v) is 6.57. The summed E-state index contributed by atoms with van der Waals surface area (Å²) in [6.45, 7) is 3.62. The zero-order valence-corrected chi connectivity index (χ0v) is 12.1. The molecule has 0 saturated heterocycles. The van der Waals surface area contributed by atoms with Crippen LogP contribution in [0.3, 0.4) is 0 Å². The van der Waals surface area contributed by atoms with Crippen LogP contribution in [0.4, 0.5) is 23.7 Å². The van der Waals surface area contributed by atoms with Gasteiger partial charge in [0.2, 0.25) is 0 Å². The van der Waals surface area contributed by atoms with Crippen LogP contribution in [0.15, 0.2) is 24.3 Å². The molecule has 0 unspecified atom stereocenters. The predicted octanol–water partition coefficient (Wildman–Crippen LogP) is 3.33. The quantitative estimate of drug-likeness (QED) is 0.779. The number of halogens is 3. The number of hydrogen-bond donors (Lipinski definition) is 3. The minimum atomic E-state index is -4.45. The number of carboxylic acids is 1. The molecule has 1 aromatic rings. The minimum absolute atomic E-state index is 0.0625. The van der Waals surface area contributed by atoms with Crippen molar-refractivity contribution in [3.05, 3.63) is 29.8 Å². The number of urea groups is 1. The molecule has 1 atom stereocenters. The van der Waals surface area contributed by atoms with Crippen LogP contribution in [0, 0.1) is 5.92 Å². The van der Waals surface area contributed by atoms with Gasteiger partial charge in [0, 0.05) is 5.69 Å². The standard InChI is InChI=1S/C14H17F3N2O3/c1-8(2)7-11(12(20)21)19-13(22)18-10-5-3-9(4-6-10)14(15,16)17/h3-6,8,11H,7H2,1-2H3,(H,20,21)(H2,18,19,22)/t11-/m0/s1. The summed E-state index contributed by atoms with van der Waals surface area (Å²) in [5.74, 6) is -1.11. The van der Waals surface area contributed by atoms with Crippen LogP contribution in [0.5, 0.6) is 0 Å². The molecule has 1 rings (SSSR count). The van der Waals surface area contributed by atoms with E-state index in [2.05, 4.69) is 10.6 Å². The van der Waals surface area contributed by atoms with E-state index in [0.717, 1.165) is 24.3 Å². The van der Waals surface area contributed by atoms with Crippen molar-refractivity contribution in [2.24, 2.45) is 5.92 Å². The number of carbonyl (C=O) groups excluding carboxylic acids is 1. The molecule has 0 saturated carbocycles. The van der Waals surface area contributed by atoms with Gasteiger partial charge in [-0.25, -0.2) is 9.59 Å². The summed E-state index contributed by atoms with van der Waals surface area (Å²) in [6, 6.07) is 2.01.